The molecule has 1 rings (SSSR count). The van der Waals surface area contributed by atoms with Crippen molar-refractivity contribution in [3.8, 4) is 0 Å². The molecule has 0 saturated carbocycles. The number of hydrogen-bond acceptors (Lipinski definition) is 8. The summed E-state index contributed by atoms with van der Waals surface area (Å²) in [6.07, 6.45) is 77.3. The predicted molar refractivity (Wildman–Crippen MR) is 360 cm³/mol. The Morgan fingerprint density at radius 1 is 0.393 bits per heavy atom. The zero-order valence-corrected chi connectivity index (χ0v) is 56.2. The second-order valence-corrected chi connectivity index (χ2v) is 26.8. The summed E-state index contributed by atoms with van der Waals surface area (Å²) in [6.45, 7) is 3.91. The lowest BCUT2D eigenvalue weighted by molar-refractivity contribution is -0.302. The van der Waals surface area contributed by atoms with Crippen LogP contribution in [0.2, 0.25) is 0 Å². The van der Waals surface area contributed by atoms with Crippen molar-refractivity contribution in [3.63, 3.8) is 0 Å². The number of hydrogen-bond donors (Lipinski definition) is 6. The molecule has 1 saturated heterocycles. The molecule has 1 amide bonds. The van der Waals surface area contributed by atoms with E-state index in [0.717, 1.165) is 38.5 Å². The van der Waals surface area contributed by atoms with Gasteiger partial charge >= 0.3 is 0 Å². The molecular weight excluding hydrogens is 1040 g/mol. The van der Waals surface area contributed by atoms with E-state index in [-0.39, 0.29) is 12.5 Å². The molecule has 9 heteroatoms. The first-order valence-electron chi connectivity index (χ1n) is 37.9. The van der Waals surface area contributed by atoms with Gasteiger partial charge in [-0.2, -0.15) is 0 Å². The van der Waals surface area contributed by atoms with E-state index in [2.05, 4.69) is 31.3 Å². The third-order valence-electron chi connectivity index (χ3n) is 18.6. The number of allylic oxidation sites excluding steroid dienone is 2. The summed E-state index contributed by atoms with van der Waals surface area (Å²) < 4.78 is 11.4. The van der Waals surface area contributed by atoms with Crippen LogP contribution in [0, 0.1) is 0 Å². The van der Waals surface area contributed by atoms with Crippen molar-refractivity contribution in [1.29, 1.82) is 0 Å². The molecule has 7 atom stereocenters. The summed E-state index contributed by atoms with van der Waals surface area (Å²) in [7, 11) is 0. The third-order valence-corrected chi connectivity index (χ3v) is 18.6. The second kappa shape index (κ2) is 64.9. The lowest BCUT2D eigenvalue weighted by atomic mass is 9.99. The van der Waals surface area contributed by atoms with Crippen LogP contribution >= 0.6 is 0 Å². The molecule has 0 bridgehead atoms. The Bertz CT molecular complexity index is 1330. The minimum Gasteiger partial charge on any atom is -0.394 e. The largest absolute Gasteiger partial charge is 0.394 e. The number of carbonyl (C=O) groups is 1. The molecule has 1 heterocycles. The van der Waals surface area contributed by atoms with E-state index in [0.29, 0.717) is 12.8 Å². The Kier molecular flexibility index (Phi) is 62.5. The van der Waals surface area contributed by atoms with Gasteiger partial charge in [-0.25, -0.2) is 0 Å². The third kappa shape index (κ3) is 52.8. The summed E-state index contributed by atoms with van der Waals surface area (Å²) in [6, 6.07) is -0.718. The maximum absolute atomic E-state index is 13.2. The van der Waals surface area contributed by atoms with E-state index in [4.69, 9.17) is 9.47 Å². The van der Waals surface area contributed by atoms with E-state index in [1.807, 2.05) is 0 Å². The van der Waals surface area contributed by atoms with Crippen LogP contribution in [0.25, 0.3) is 0 Å². The highest BCUT2D eigenvalue weighted by molar-refractivity contribution is 5.76. The van der Waals surface area contributed by atoms with E-state index in [1.54, 1.807) is 0 Å². The Morgan fingerprint density at radius 3 is 0.964 bits per heavy atom. The van der Waals surface area contributed by atoms with Gasteiger partial charge in [0.15, 0.2) is 6.29 Å². The quantitative estimate of drug-likeness (QED) is 0.0261. The summed E-state index contributed by atoms with van der Waals surface area (Å²) in [5.41, 5.74) is 0. The first-order chi connectivity index (χ1) is 41.3. The van der Waals surface area contributed by atoms with E-state index < -0.39 is 49.5 Å². The number of aliphatic hydroxyl groups excluding tert-OH is 5. The highest BCUT2D eigenvalue weighted by atomic mass is 16.7. The van der Waals surface area contributed by atoms with Crippen molar-refractivity contribution in [3.05, 3.63) is 12.2 Å². The number of ether oxygens (including phenoxy) is 2. The smallest absolute Gasteiger partial charge is 0.220 e. The number of unbranched alkanes of at least 4 members (excludes halogenated alkanes) is 56. The standard InChI is InChI=1S/C75H147NO8/c1-3-5-7-9-11-13-15-17-19-21-23-25-27-29-31-33-34-35-37-38-40-42-44-46-48-50-52-54-56-58-60-62-64-69(78)68(67-83-75-74(82)73(81)72(80)70(66-77)84-75)76-71(79)65-63-61-59-57-55-53-51-49-47-45-43-41-39-36-32-30-28-26-24-22-20-18-16-14-12-10-8-6-4-2/h22,24,68-70,72-75,77-78,80-82H,3-21,23,25-67H2,1-2H3,(H,76,79)/b24-22-. The van der Waals surface area contributed by atoms with Crippen LogP contribution in [0.15, 0.2) is 12.2 Å². The van der Waals surface area contributed by atoms with Gasteiger partial charge in [-0.15, -0.1) is 0 Å². The molecule has 9 nitrogen and oxygen atoms in total. The van der Waals surface area contributed by atoms with E-state index in [9.17, 15) is 30.3 Å². The molecule has 0 aromatic heterocycles. The van der Waals surface area contributed by atoms with Crippen LogP contribution in [-0.4, -0.2) is 87.5 Å². The summed E-state index contributed by atoms with van der Waals surface area (Å²) in [5.74, 6) is -0.134. The van der Waals surface area contributed by atoms with Gasteiger partial charge in [-0.1, -0.05) is 373 Å². The van der Waals surface area contributed by atoms with Gasteiger partial charge in [0.25, 0.3) is 0 Å². The molecule has 0 radical (unpaired) electrons. The summed E-state index contributed by atoms with van der Waals surface area (Å²) in [4.78, 5) is 13.2. The fourth-order valence-corrected chi connectivity index (χ4v) is 12.7. The number of aliphatic hydroxyl groups is 5. The number of nitrogens with one attached hydrogen (secondary N) is 1. The van der Waals surface area contributed by atoms with Crippen molar-refractivity contribution < 1.29 is 39.8 Å². The maximum Gasteiger partial charge on any atom is 0.220 e. The average molecular weight is 1190 g/mol. The van der Waals surface area contributed by atoms with Crippen LogP contribution in [0.4, 0.5) is 0 Å². The molecule has 0 aromatic rings. The van der Waals surface area contributed by atoms with Gasteiger partial charge in [0.1, 0.15) is 24.4 Å². The monoisotopic (exact) mass is 1190 g/mol. The molecular formula is C75H147NO8. The normalized spacial score (nSPS) is 18.1. The van der Waals surface area contributed by atoms with Gasteiger partial charge < -0.3 is 40.3 Å². The molecule has 500 valence electrons. The average Bonchev–Trinajstić information content (AvgIpc) is 3.69. The highest BCUT2D eigenvalue weighted by Crippen LogP contribution is 2.24. The maximum atomic E-state index is 13.2. The van der Waals surface area contributed by atoms with Crippen LogP contribution in [0.1, 0.15) is 406 Å². The number of carbonyl (C=O) groups excluding carboxylic acids is 1. The van der Waals surface area contributed by atoms with Crippen LogP contribution in [0.3, 0.4) is 0 Å². The van der Waals surface area contributed by atoms with Crippen LogP contribution in [0.5, 0.6) is 0 Å². The summed E-state index contributed by atoms with van der Waals surface area (Å²) in [5, 5.41) is 55.0. The van der Waals surface area contributed by atoms with Crippen molar-refractivity contribution in [2.24, 2.45) is 0 Å². The zero-order chi connectivity index (χ0) is 60.7. The molecule has 0 aromatic carbocycles. The molecule has 1 aliphatic heterocycles. The first-order valence-corrected chi connectivity index (χ1v) is 37.9. The summed E-state index contributed by atoms with van der Waals surface area (Å²) >= 11 is 0. The van der Waals surface area contributed by atoms with Crippen LogP contribution in [-0.2, 0) is 14.3 Å². The predicted octanol–water partition coefficient (Wildman–Crippen LogP) is 21.0. The molecule has 0 aliphatic carbocycles. The minimum atomic E-state index is -1.55. The lowest BCUT2D eigenvalue weighted by Gasteiger charge is -2.40. The zero-order valence-electron chi connectivity index (χ0n) is 56.2. The molecule has 1 fully saturated rings. The van der Waals surface area contributed by atoms with E-state index in [1.165, 1.54) is 340 Å². The Hall–Kier alpha value is -1.07. The van der Waals surface area contributed by atoms with Crippen molar-refractivity contribution in [1.82, 2.24) is 5.32 Å². The topological polar surface area (TPSA) is 149 Å². The minimum absolute atomic E-state index is 0.132. The number of amides is 1. The highest BCUT2D eigenvalue weighted by Gasteiger charge is 2.44. The number of rotatable bonds is 68. The van der Waals surface area contributed by atoms with Gasteiger partial charge in [-0.05, 0) is 38.5 Å². The lowest BCUT2D eigenvalue weighted by Crippen LogP contribution is -2.60. The van der Waals surface area contributed by atoms with Crippen molar-refractivity contribution >= 4 is 5.91 Å². The Labute approximate surface area is 522 Å². The molecule has 0 spiro atoms. The van der Waals surface area contributed by atoms with Gasteiger partial charge in [0.2, 0.25) is 5.91 Å². The Balaban J connectivity index is 2.07. The SMILES string of the molecule is CCCCCCCCCC/C=C\CCCCCCCCCCCCCCCCCCCC(=O)NC(COC1OC(CO)C(O)C(O)C1O)C(O)CCCCCCCCCCCCCCCCCCCCCCCCCCCCCCCCCC. The first kappa shape index (κ1) is 80.9. The molecule has 1 aliphatic rings. The van der Waals surface area contributed by atoms with Crippen molar-refractivity contribution in [2.75, 3.05) is 13.2 Å². The van der Waals surface area contributed by atoms with Gasteiger partial charge in [-0.3, -0.25) is 4.79 Å². The molecule has 6 N–H and O–H groups in total. The van der Waals surface area contributed by atoms with Gasteiger partial charge in [0, 0.05) is 6.42 Å². The Morgan fingerprint density at radius 2 is 0.667 bits per heavy atom. The second-order valence-electron chi connectivity index (χ2n) is 26.8. The molecule has 84 heavy (non-hydrogen) atoms. The fourth-order valence-electron chi connectivity index (χ4n) is 12.7. The van der Waals surface area contributed by atoms with Gasteiger partial charge in [0.05, 0.1) is 25.4 Å². The fraction of sp³-hybridized carbons (Fsp3) is 0.960. The molecule has 7 unspecified atom stereocenters. The van der Waals surface area contributed by atoms with Crippen LogP contribution < -0.4 is 5.32 Å². The van der Waals surface area contributed by atoms with E-state index >= 15 is 0 Å². The van der Waals surface area contributed by atoms with Crippen molar-refractivity contribution in [2.45, 2.75) is 448 Å².